The SMILES string of the molecule is COCC(=O)N1C[C@H](CC(C)C)N(C(=O)CSc2nnc(-c3cccnc3)n2-c2cccc(OC)c2)CCCCOC[C@@H](O)[C@@H](O)[C@H](OC)C1. The van der Waals surface area contributed by atoms with E-state index in [4.69, 9.17) is 18.9 Å². The Kier molecular flexibility index (Phi) is 15.4. The van der Waals surface area contributed by atoms with Crippen LogP contribution < -0.4 is 4.74 Å². The van der Waals surface area contributed by atoms with Gasteiger partial charge in [-0.25, -0.2) is 0 Å². The molecule has 0 radical (unpaired) electrons. The van der Waals surface area contributed by atoms with Gasteiger partial charge >= 0.3 is 0 Å². The van der Waals surface area contributed by atoms with E-state index in [1.165, 1.54) is 26.0 Å². The van der Waals surface area contributed by atoms with Crippen molar-refractivity contribution < 1.29 is 38.7 Å². The molecule has 4 rings (SSSR count). The van der Waals surface area contributed by atoms with Gasteiger partial charge in [-0.3, -0.25) is 19.1 Å². The highest BCUT2D eigenvalue weighted by Gasteiger charge is 2.34. The summed E-state index contributed by atoms with van der Waals surface area (Å²) in [6, 6.07) is 10.9. The first-order valence-electron chi connectivity index (χ1n) is 16.8. The number of rotatable bonds is 11. The van der Waals surface area contributed by atoms with Gasteiger partial charge in [-0.05, 0) is 49.4 Å². The minimum absolute atomic E-state index is 0.0109. The number of thioether (sulfide) groups is 1. The summed E-state index contributed by atoms with van der Waals surface area (Å²) in [5.41, 5.74) is 1.54. The fourth-order valence-electron chi connectivity index (χ4n) is 5.92. The molecule has 0 unspecified atom stereocenters. The van der Waals surface area contributed by atoms with Crippen molar-refractivity contribution in [1.82, 2.24) is 29.5 Å². The van der Waals surface area contributed by atoms with Crippen molar-refractivity contribution in [3.05, 3.63) is 48.8 Å². The quantitative estimate of drug-likeness (QED) is 0.280. The van der Waals surface area contributed by atoms with Crippen molar-refractivity contribution in [2.45, 2.75) is 62.6 Å². The minimum Gasteiger partial charge on any atom is -0.497 e. The van der Waals surface area contributed by atoms with Gasteiger partial charge in [0.1, 0.15) is 30.7 Å². The van der Waals surface area contributed by atoms with Crippen molar-refractivity contribution in [1.29, 1.82) is 0 Å². The molecular formula is C35H50N6O8S. The largest absolute Gasteiger partial charge is 0.497 e. The Labute approximate surface area is 298 Å². The number of amides is 2. The lowest BCUT2D eigenvalue weighted by Gasteiger charge is -2.38. The first-order chi connectivity index (χ1) is 24.2. The number of carbonyl (C=O) groups excluding carboxylic acids is 2. The van der Waals surface area contributed by atoms with Gasteiger partial charge < -0.3 is 39.0 Å². The number of carbonyl (C=O) groups is 2. The van der Waals surface area contributed by atoms with E-state index >= 15 is 0 Å². The van der Waals surface area contributed by atoms with Crippen molar-refractivity contribution in [2.75, 3.05) is 66.5 Å². The number of nitrogens with zero attached hydrogens (tertiary/aromatic N) is 6. The smallest absolute Gasteiger partial charge is 0.248 e. The summed E-state index contributed by atoms with van der Waals surface area (Å²) >= 11 is 1.28. The Morgan fingerprint density at radius 2 is 1.88 bits per heavy atom. The van der Waals surface area contributed by atoms with E-state index in [0.717, 1.165) is 11.3 Å². The first kappa shape index (κ1) is 39.2. The Balaban J connectivity index is 1.66. The number of aromatic nitrogens is 4. The highest BCUT2D eigenvalue weighted by atomic mass is 32.2. The number of aliphatic hydroxyl groups excluding tert-OH is 2. The van der Waals surface area contributed by atoms with Crippen LogP contribution in [0.3, 0.4) is 0 Å². The molecule has 3 heterocycles. The average molecular weight is 715 g/mol. The molecule has 1 saturated heterocycles. The molecule has 0 spiro atoms. The van der Waals surface area contributed by atoms with E-state index in [2.05, 4.69) is 29.0 Å². The van der Waals surface area contributed by atoms with Crippen molar-refractivity contribution in [3.8, 4) is 22.8 Å². The summed E-state index contributed by atoms with van der Waals surface area (Å²) in [4.78, 5) is 35.4. The van der Waals surface area contributed by atoms with Crippen LogP contribution in [0.5, 0.6) is 5.75 Å². The van der Waals surface area contributed by atoms with E-state index in [1.54, 1.807) is 24.4 Å². The van der Waals surface area contributed by atoms with Crippen LogP contribution in [-0.4, -0.2) is 142 Å². The first-order valence-corrected chi connectivity index (χ1v) is 17.8. The molecule has 1 aromatic carbocycles. The lowest BCUT2D eigenvalue weighted by Crippen LogP contribution is -2.54. The van der Waals surface area contributed by atoms with Crippen molar-refractivity contribution in [3.63, 3.8) is 0 Å². The van der Waals surface area contributed by atoms with Gasteiger partial charge in [-0.2, -0.15) is 0 Å². The van der Waals surface area contributed by atoms with Gasteiger partial charge in [-0.1, -0.05) is 31.7 Å². The summed E-state index contributed by atoms with van der Waals surface area (Å²) < 4.78 is 23.8. The summed E-state index contributed by atoms with van der Waals surface area (Å²) in [5.74, 6) is 1.08. The Hall–Kier alpha value is -3.60. The molecule has 15 heteroatoms. The Morgan fingerprint density at radius 3 is 2.58 bits per heavy atom. The molecule has 2 aromatic heterocycles. The Morgan fingerprint density at radius 1 is 1.06 bits per heavy atom. The van der Waals surface area contributed by atoms with Gasteiger partial charge in [0.2, 0.25) is 11.8 Å². The van der Waals surface area contributed by atoms with Crippen LogP contribution in [0.15, 0.2) is 53.9 Å². The van der Waals surface area contributed by atoms with Crippen molar-refractivity contribution in [2.24, 2.45) is 5.92 Å². The standard InChI is InChI=1S/C35H50N6O8S/c1-24(2)16-27-19-39(31(43)22-46-3)20-30(48-5)33(45)29(42)21-49-15-7-6-14-40(27)32(44)23-50-35-38-37-34(25-10-9-13-36-18-25)41(35)26-11-8-12-28(17-26)47-4/h8-13,17-18,24,27,29-30,33,42,45H,6-7,14-16,19-23H2,1-5H3/t27-,29+,30+,33+/m0/s1. The van der Waals surface area contributed by atoms with Crippen LogP contribution in [0.1, 0.15) is 33.1 Å². The maximum absolute atomic E-state index is 14.3. The zero-order chi connectivity index (χ0) is 36.0. The van der Waals surface area contributed by atoms with Crippen molar-refractivity contribution >= 4 is 23.6 Å². The third-order valence-electron chi connectivity index (χ3n) is 8.45. The summed E-state index contributed by atoms with van der Waals surface area (Å²) in [6.07, 6.45) is 1.92. The fourth-order valence-corrected chi connectivity index (χ4v) is 6.75. The number of aliphatic hydroxyl groups is 2. The molecule has 14 nitrogen and oxygen atoms in total. The number of benzene rings is 1. The lowest BCUT2D eigenvalue weighted by molar-refractivity contribution is -0.145. The van der Waals surface area contributed by atoms with Crippen LogP contribution in [0.25, 0.3) is 17.1 Å². The predicted molar refractivity (Wildman–Crippen MR) is 188 cm³/mol. The van der Waals surface area contributed by atoms with Gasteiger partial charge in [0.15, 0.2) is 11.0 Å². The highest BCUT2D eigenvalue weighted by Crippen LogP contribution is 2.30. The third kappa shape index (κ3) is 10.7. The molecule has 3 aromatic rings. The van der Waals surface area contributed by atoms with E-state index in [9.17, 15) is 19.8 Å². The zero-order valence-electron chi connectivity index (χ0n) is 29.5. The van der Waals surface area contributed by atoms with E-state index in [-0.39, 0.29) is 55.8 Å². The molecule has 1 fully saturated rings. The van der Waals surface area contributed by atoms with Gasteiger partial charge in [0, 0.05) is 70.5 Å². The van der Waals surface area contributed by atoms with Gasteiger partial charge in [-0.15, -0.1) is 10.2 Å². The summed E-state index contributed by atoms with van der Waals surface area (Å²) in [6.45, 7) is 4.86. The predicted octanol–water partition coefficient (Wildman–Crippen LogP) is 2.70. The van der Waals surface area contributed by atoms with Crippen LogP contribution in [0, 0.1) is 5.92 Å². The second-order valence-electron chi connectivity index (χ2n) is 12.6. The molecule has 274 valence electrons. The van der Waals surface area contributed by atoms with E-state index in [1.807, 2.05) is 45.9 Å². The number of ether oxygens (including phenoxy) is 4. The molecule has 2 N–H and O–H groups in total. The molecule has 0 bridgehead atoms. The number of methoxy groups -OCH3 is 3. The summed E-state index contributed by atoms with van der Waals surface area (Å²) in [7, 11) is 4.47. The van der Waals surface area contributed by atoms with Crippen LogP contribution in [0.4, 0.5) is 0 Å². The summed E-state index contributed by atoms with van der Waals surface area (Å²) in [5, 5.41) is 31.0. The molecule has 1 aliphatic rings. The van der Waals surface area contributed by atoms with Gasteiger partial charge in [0.05, 0.1) is 25.2 Å². The topological polar surface area (TPSA) is 162 Å². The minimum atomic E-state index is -1.29. The van der Waals surface area contributed by atoms with E-state index < -0.39 is 18.3 Å². The highest BCUT2D eigenvalue weighted by molar-refractivity contribution is 7.99. The second-order valence-corrected chi connectivity index (χ2v) is 13.5. The maximum atomic E-state index is 14.3. The van der Waals surface area contributed by atoms with Crippen LogP contribution in [-0.2, 0) is 23.8 Å². The third-order valence-corrected chi connectivity index (χ3v) is 9.36. The van der Waals surface area contributed by atoms with Crippen LogP contribution >= 0.6 is 11.8 Å². The Bertz CT molecular complexity index is 1490. The second kappa shape index (κ2) is 19.7. The molecule has 50 heavy (non-hydrogen) atoms. The van der Waals surface area contributed by atoms with Gasteiger partial charge in [0.25, 0.3) is 0 Å². The molecule has 1 aliphatic heterocycles. The number of hydrogen-bond donors (Lipinski definition) is 2. The molecular weight excluding hydrogens is 664 g/mol. The normalized spacial score (nSPS) is 21.2. The lowest BCUT2D eigenvalue weighted by atomic mass is 10.00. The zero-order valence-corrected chi connectivity index (χ0v) is 30.3. The monoisotopic (exact) mass is 714 g/mol. The molecule has 0 saturated carbocycles. The fraction of sp³-hybridized carbons (Fsp3) is 0.571. The number of hydrogen-bond acceptors (Lipinski definition) is 12. The van der Waals surface area contributed by atoms with Crippen LogP contribution in [0.2, 0.25) is 0 Å². The van der Waals surface area contributed by atoms with E-state index in [0.29, 0.717) is 49.1 Å². The maximum Gasteiger partial charge on any atom is 0.248 e. The molecule has 0 aliphatic carbocycles. The molecule has 4 atom stereocenters. The molecule has 2 amide bonds. The average Bonchev–Trinajstić information content (AvgIpc) is 3.55. The number of pyridine rings is 1.